The van der Waals surface area contributed by atoms with Crippen LogP contribution in [0.15, 0.2) is 22.6 Å². The minimum Gasteiger partial charge on any atom is -0.424 e. The van der Waals surface area contributed by atoms with E-state index in [1.165, 1.54) is 12.1 Å². The first kappa shape index (κ1) is 11.0. The summed E-state index contributed by atoms with van der Waals surface area (Å²) in [5, 5.41) is 17.1. The van der Waals surface area contributed by atoms with Gasteiger partial charge in [-0.1, -0.05) is 0 Å². The van der Waals surface area contributed by atoms with Crippen LogP contribution in [-0.4, -0.2) is 29.0 Å². The van der Waals surface area contributed by atoms with Crippen LogP contribution in [0.5, 0.6) is 0 Å². The molecule has 0 bridgehead atoms. The normalized spacial score (nSPS) is 19.2. The van der Waals surface area contributed by atoms with E-state index in [4.69, 9.17) is 4.42 Å². The second-order valence-electron chi connectivity index (χ2n) is 4.26. The zero-order chi connectivity index (χ0) is 12.5. The molecule has 1 aliphatic heterocycles. The van der Waals surface area contributed by atoms with Crippen molar-refractivity contribution in [2.24, 2.45) is 0 Å². The van der Waals surface area contributed by atoms with Crippen LogP contribution in [0, 0.1) is 10.1 Å². The van der Waals surface area contributed by atoms with Gasteiger partial charge in [0.2, 0.25) is 0 Å². The Morgan fingerprint density at radius 2 is 2.44 bits per heavy atom. The summed E-state index contributed by atoms with van der Waals surface area (Å²) in [5.74, 6) is 0. The second-order valence-corrected chi connectivity index (χ2v) is 4.26. The van der Waals surface area contributed by atoms with Crippen LogP contribution >= 0.6 is 0 Å². The number of anilines is 1. The fraction of sp³-hybridized carbons (Fsp3) is 0.364. The van der Waals surface area contributed by atoms with E-state index in [0.717, 1.165) is 19.5 Å². The van der Waals surface area contributed by atoms with Crippen molar-refractivity contribution in [2.75, 3.05) is 18.4 Å². The topological polar surface area (TPSA) is 93.2 Å². The van der Waals surface area contributed by atoms with E-state index < -0.39 is 4.92 Å². The number of benzene rings is 1. The quantitative estimate of drug-likeness (QED) is 0.631. The maximum absolute atomic E-state index is 10.7. The van der Waals surface area contributed by atoms with Crippen LogP contribution in [0.4, 0.5) is 11.7 Å². The van der Waals surface area contributed by atoms with Crippen LogP contribution in [-0.2, 0) is 0 Å². The van der Waals surface area contributed by atoms with Gasteiger partial charge in [-0.3, -0.25) is 10.1 Å². The Bertz CT molecular complexity index is 589. The van der Waals surface area contributed by atoms with E-state index in [1.807, 2.05) is 0 Å². The highest BCUT2D eigenvalue weighted by Gasteiger charge is 2.17. The van der Waals surface area contributed by atoms with E-state index in [-0.39, 0.29) is 5.69 Å². The molecule has 7 heteroatoms. The fourth-order valence-corrected chi connectivity index (χ4v) is 2.04. The number of aromatic nitrogens is 1. The molecule has 1 saturated heterocycles. The molecule has 0 radical (unpaired) electrons. The van der Waals surface area contributed by atoms with Gasteiger partial charge in [0.1, 0.15) is 5.52 Å². The van der Waals surface area contributed by atoms with Crippen molar-refractivity contribution in [1.29, 1.82) is 0 Å². The molecule has 2 N–H and O–H groups in total. The Hall–Kier alpha value is -2.15. The van der Waals surface area contributed by atoms with E-state index in [9.17, 15) is 10.1 Å². The molecule has 94 valence electrons. The second kappa shape index (κ2) is 4.26. The molecule has 1 aromatic carbocycles. The van der Waals surface area contributed by atoms with Gasteiger partial charge in [0.05, 0.1) is 4.92 Å². The highest BCUT2D eigenvalue weighted by atomic mass is 16.6. The van der Waals surface area contributed by atoms with Crippen molar-refractivity contribution in [3.63, 3.8) is 0 Å². The molecule has 0 saturated carbocycles. The van der Waals surface area contributed by atoms with E-state index >= 15 is 0 Å². The third-order valence-corrected chi connectivity index (χ3v) is 2.97. The van der Waals surface area contributed by atoms with Crippen LogP contribution in [0.2, 0.25) is 0 Å². The summed E-state index contributed by atoms with van der Waals surface area (Å²) in [7, 11) is 0. The molecule has 2 aromatic rings. The number of nitrogens with zero attached hydrogens (tertiary/aromatic N) is 2. The van der Waals surface area contributed by atoms with Crippen molar-refractivity contribution in [3.05, 3.63) is 28.3 Å². The third kappa shape index (κ3) is 2.00. The third-order valence-electron chi connectivity index (χ3n) is 2.97. The van der Waals surface area contributed by atoms with Crippen molar-refractivity contribution in [2.45, 2.75) is 12.5 Å². The van der Waals surface area contributed by atoms with Crippen LogP contribution in [0.1, 0.15) is 6.42 Å². The van der Waals surface area contributed by atoms with Gasteiger partial charge in [0, 0.05) is 24.7 Å². The first-order valence-electron chi connectivity index (χ1n) is 5.74. The summed E-state index contributed by atoms with van der Waals surface area (Å²) < 4.78 is 5.49. The first-order valence-corrected chi connectivity index (χ1v) is 5.74. The molecule has 1 fully saturated rings. The summed E-state index contributed by atoms with van der Waals surface area (Å²) >= 11 is 0. The standard InChI is InChI=1S/C11H12N4O3/c16-15(17)8-1-2-10-9(5-8)14-11(18-10)13-7-3-4-12-6-7/h1-2,5,7,12H,3-4,6H2,(H,13,14)/t7-/m0/s1. The predicted octanol–water partition coefficient (Wildman–Crippen LogP) is 1.51. The van der Waals surface area contributed by atoms with Gasteiger partial charge in [-0.05, 0) is 19.0 Å². The minimum absolute atomic E-state index is 0.0184. The number of nitrogens with one attached hydrogen (secondary N) is 2. The molecular formula is C11H12N4O3. The van der Waals surface area contributed by atoms with E-state index in [2.05, 4.69) is 15.6 Å². The predicted molar refractivity (Wildman–Crippen MR) is 65.6 cm³/mol. The summed E-state index contributed by atoms with van der Waals surface area (Å²) in [5.41, 5.74) is 1.07. The number of hydrogen-bond acceptors (Lipinski definition) is 6. The van der Waals surface area contributed by atoms with Crippen molar-refractivity contribution < 1.29 is 9.34 Å². The number of rotatable bonds is 3. The van der Waals surface area contributed by atoms with E-state index in [0.29, 0.717) is 23.2 Å². The van der Waals surface area contributed by atoms with E-state index in [1.54, 1.807) is 6.07 Å². The molecular weight excluding hydrogens is 236 g/mol. The molecule has 0 spiro atoms. The Balaban J connectivity index is 1.87. The van der Waals surface area contributed by atoms with Gasteiger partial charge in [-0.15, -0.1) is 0 Å². The Morgan fingerprint density at radius 3 is 3.17 bits per heavy atom. The molecule has 7 nitrogen and oxygen atoms in total. The summed E-state index contributed by atoms with van der Waals surface area (Å²) in [6.45, 7) is 1.85. The van der Waals surface area contributed by atoms with Gasteiger partial charge in [0.25, 0.3) is 11.7 Å². The molecule has 0 unspecified atom stereocenters. The Kier molecular flexibility index (Phi) is 2.60. The van der Waals surface area contributed by atoms with Crippen molar-refractivity contribution >= 4 is 22.8 Å². The monoisotopic (exact) mass is 248 g/mol. The van der Waals surface area contributed by atoms with Crippen LogP contribution in [0.3, 0.4) is 0 Å². The highest BCUT2D eigenvalue weighted by molar-refractivity contribution is 5.77. The lowest BCUT2D eigenvalue weighted by Crippen LogP contribution is -2.22. The average molecular weight is 248 g/mol. The first-order chi connectivity index (χ1) is 8.72. The number of non-ortho nitro benzene ring substituents is 1. The Labute approximate surface area is 102 Å². The lowest BCUT2D eigenvalue weighted by molar-refractivity contribution is -0.384. The molecule has 1 atom stereocenters. The SMILES string of the molecule is O=[N+]([O-])c1ccc2oc(N[C@H]3CCNC3)nc2c1. The van der Waals surface area contributed by atoms with Gasteiger partial charge >= 0.3 is 0 Å². The highest BCUT2D eigenvalue weighted by Crippen LogP contribution is 2.24. The average Bonchev–Trinajstić information content (AvgIpc) is 2.96. The van der Waals surface area contributed by atoms with Gasteiger partial charge < -0.3 is 15.1 Å². The Morgan fingerprint density at radius 1 is 1.56 bits per heavy atom. The number of hydrogen-bond donors (Lipinski definition) is 2. The van der Waals surface area contributed by atoms with Gasteiger partial charge in [-0.2, -0.15) is 4.98 Å². The smallest absolute Gasteiger partial charge is 0.295 e. The van der Waals surface area contributed by atoms with Crippen molar-refractivity contribution in [3.8, 4) is 0 Å². The molecule has 0 aliphatic carbocycles. The number of oxazole rings is 1. The van der Waals surface area contributed by atoms with Gasteiger partial charge in [0.15, 0.2) is 5.58 Å². The molecule has 0 amide bonds. The summed E-state index contributed by atoms with van der Waals surface area (Å²) in [6, 6.07) is 5.11. The number of nitro benzene ring substituents is 1. The molecule has 1 aromatic heterocycles. The number of fused-ring (bicyclic) bond motifs is 1. The van der Waals surface area contributed by atoms with Gasteiger partial charge in [-0.25, -0.2) is 0 Å². The summed E-state index contributed by atoms with van der Waals surface area (Å²) in [6.07, 6.45) is 1.01. The minimum atomic E-state index is -0.442. The molecule has 3 rings (SSSR count). The van der Waals surface area contributed by atoms with Crippen molar-refractivity contribution in [1.82, 2.24) is 10.3 Å². The molecule has 18 heavy (non-hydrogen) atoms. The largest absolute Gasteiger partial charge is 0.424 e. The fourth-order valence-electron chi connectivity index (χ4n) is 2.04. The van der Waals surface area contributed by atoms with Crippen LogP contribution < -0.4 is 10.6 Å². The zero-order valence-corrected chi connectivity index (χ0v) is 9.55. The number of nitro groups is 1. The summed E-state index contributed by atoms with van der Waals surface area (Å²) in [4.78, 5) is 14.4. The lowest BCUT2D eigenvalue weighted by atomic mass is 10.3. The lowest BCUT2D eigenvalue weighted by Gasteiger charge is -2.07. The molecule has 1 aliphatic rings. The zero-order valence-electron chi connectivity index (χ0n) is 9.55. The maximum Gasteiger partial charge on any atom is 0.295 e. The maximum atomic E-state index is 10.7. The van der Waals surface area contributed by atoms with Crippen LogP contribution in [0.25, 0.3) is 11.1 Å². The molecule has 2 heterocycles.